The third kappa shape index (κ3) is 3.53. The lowest BCUT2D eigenvalue weighted by Gasteiger charge is -2.30. The number of fused-ring (bicyclic) bond motifs is 4. The van der Waals surface area contributed by atoms with Gasteiger partial charge in [0.25, 0.3) is 0 Å². The van der Waals surface area contributed by atoms with E-state index in [0.29, 0.717) is 6.54 Å². The van der Waals surface area contributed by atoms with Gasteiger partial charge in [0, 0.05) is 28.0 Å². The summed E-state index contributed by atoms with van der Waals surface area (Å²) in [4.78, 5) is 2.35. The summed E-state index contributed by atoms with van der Waals surface area (Å²) >= 11 is 0. The number of nitrogens with zero attached hydrogens (tertiary/aromatic N) is 1. The zero-order valence-electron chi connectivity index (χ0n) is 19.7. The predicted octanol–water partition coefficient (Wildman–Crippen LogP) is 8.86. The molecule has 0 radical (unpaired) electrons. The summed E-state index contributed by atoms with van der Waals surface area (Å²) in [5.74, 6) is 0.831. The van der Waals surface area contributed by atoms with E-state index in [2.05, 4.69) is 125 Å². The van der Waals surface area contributed by atoms with Gasteiger partial charge in [0.1, 0.15) is 5.58 Å². The molecule has 1 N–H and O–H groups in total. The molecule has 5 aromatic carbocycles. The van der Waals surface area contributed by atoms with Gasteiger partial charge in [-0.2, -0.15) is 0 Å². The molecule has 0 amide bonds. The molecule has 0 unspecified atom stereocenters. The van der Waals surface area contributed by atoms with Crippen molar-refractivity contribution in [2.75, 3.05) is 16.8 Å². The van der Waals surface area contributed by atoms with E-state index in [0.717, 1.165) is 39.5 Å². The van der Waals surface area contributed by atoms with Crippen molar-refractivity contribution >= 4 is 45.1 Å². The Kier molecular flexibility index (Phi) is 4.85. The molecule has 0 spiro atoms. The summed E-state index contributed by atoms with van der Waals surface area (Å²) in [6, 6.07) is 42.7. The summed E-state index contributed by atoms with van der Waals surface area (Å²) in [7, 11) is 0. The second kappa shape index (κ2) is 8.47. The summed E-state index contributed by atoms with van der Waals surface area (Å²) in [6.45, 7) is 0.667. The van der Waals surface area contributed by atoms with Crippen LogP contribution in [-0.4, -0.2) is 6.54 Å². The van der Waals surface area contributed by atoms with Crippen LogP contribution in [0.15, 0.2) is 131 Å². The van der Waals surface area contributed by atoms with Crippen LogP contribution in [0.1, 0.15) is 5.56 Å². The molecule has 6 aromatic rings. The Morgan fingerprint density at radius 3 is 2.17 bits per heavy atom. The van der Waals surface area contributed by atoms with Crippen molar-refractivity contribution in [3.05, 3.63) is 133 Å². The molecular weight excluding hydrogens is 440 g/mol. The maximum atomic E-state index is 6.08. The van der Waals surface area contributed by atoms with Gasteiger partial charge in [0.2, 0.25) is 5.88 Å². The van der Waals surface area contributed by atoms with E-state index in [9.17, 15) is 0 Å². The first-order chi connectivity index (χ1) is 17.8. The van der Waals surface area contributed by atoms with Crippen LogP contribution in [0.2, 0.25) is 0 Å². The lowest BCUT2D eigenvalue weighted by atomic mass is 10.0. The number of nitrogens with one attached hydrogen (secondary N) is 1. The Morgan fingerprint density at radius 2 is 1.31 bits per heavy atom. The number of anilines is 3. The van der Waals surface area contributed by atoms with Gasteiger partial charge in [-0.1, -0.05) is 91.0 Å². The van der Waals surface area contributed by atoms with Crippen LogP contribution in [0, 0.1) is 0 Å². The predicted molar refractivity (Wildman–Crippen MR) is 151 cm³/mol. The Balaban J connectivity index is 1.38. The van der Waals surface area contributed by atoms with Crippen molar-refractivity contribution in [3.63, 3.8) is 0 Å². The van der Waals surface area contributed by atoms with E-state index < -0.39 is 0 Å². The summed E-state index contributed by atoms with van der Waals surface area (Å²) in [5, 5.41) is 7.10. The van der Waals surface area contributed by atoms with E-state index in [4.69, 9.17) is 4.42 Å². The minimum atomic E-state index is 0.667. The van der Waals surface area contributed by atoms with Crippen molar-refractivity contribution in [1.82, 2.24) is 0 Å². The molecule has 1 aromatic heterocycles. The van der Waals surface area contributed by atoms with E-state index >= 15 is 0 Å². The second-order valence-electron chi connectivity index (χ2n) is 9.11. The van der Waals surface area contributed by atoms with Crippen molar-refractivity contribution in [2.24, 2.45) is 0 Å². The number of furan rings is 1. The second-order valence-corrected chi connectivity index (χ2v) is 9.11. The van der Waals surface area contributed by atoms with Crippen LogP contribution in [-0.2, 0) is 0 Å². The molecule has 0 saturated carbocycles. The van der Waals surface area contributed by atoms with Crippen LogP contribution in [0.25, 0.3) is 38.9 Å². The van der Waals surface area contributed by atoms with E-state index in [1.54, 1.807) is 0 Å². The smallest absolute Gasteiger partial charge is 0.201 e. The van der Waals surface area contributed by atoms with E-state index in [-0.39, 0.29) is 0 Å². The van der Waals surface area contributed by atoms with Gasteiger partial charge in [0.15, 0.2) is 0 Å². The van der Waals surface area contributed by atoms with Crippen molar-refractivity contribution in [1.29, 1.82) is 0 Å². The standard InChI is InChI=1S/C33H24N2O/c1-2-8-23(9-3-1)25-14-17-27(18-15-25)35(28-19-16-24-10-4-5-11-26(24)20-28)29-21-31-30-12-6-7-13-32(30)36-33(31)34-22-29/h1-21,34H,22H2. The normalized spacial score (nSPS) is 12.7. The first-order valence-electron chi connectivity index (χ1n) is 12.2. The van der Waals surface area contributed by atoms with Crippen molar-refractivity contribution < 1.29 is 4.42 Å². The molecular formula is C33H24N2O. The van der Waals surface area contributed by atoms with Gasteiger partial charge in [-0.15, -0.1) is 0 Å². The highest BCUT2D eigenvalue weighted by molar-refractivity contribution is 5.96. The van der Waals surface area contributed by atoms with Gasteiger partial charge in [0.05, 0.1) is 6.54 Å². The largest absolute Gasteiger partial charge is 0.440 e. The third-order valence-electron chi connectivity index (χ3n) is 6.89. The summed E-state index contributed by atoms with van der Waals surface area (Å²) in [5.41, 5.74) is 7.83. The number of hydrogen-bond acceptors (Lipinski definition) is 3. The van der Waals surface area contributed by atoms with Gasteiger partial charge in [-0.05, 0) is 58.3 Å². The van der Waals surface area contributed by atoms with Crippen molar-refractivity contribution in [2.45, 2.75) is 0 Å². The lowest BCUT2D eigenvalue weighted by Crippen LogP contribution is -2.24. The highest BCUT2D eigenvalue weighted by Crippen LogP contribution is 2.39. The third-order valence-corrected chi connectivity index (χ3v) is 6.89. The highest BCUT2D eigenvalue weighted by atomic mass is 16.3. The molecule has 36 heavy (non-hydrogen) atoms. The first-order valence-corrected chi connectivity index (χ1v) is 12.2. The summed E-state index contributed by atoms with van der Waals surface area (Å²) < 4.78 is 6.08. The molecule has 0 bridgehead atoms. The van der Waals surface area contributed by atoms with E-state index in [1.165, 1.54) is 21.9 Å². The molecule has 0 saturated heterocycles. The van der Waals surface area contributed by atoms with Crippen LogP contribution < -0.4 is 10.2 Å². The quantitative estimate of drug-likeness (QED) is 0.282. The van der Waals surface area contributed by atoms with Crippen molar-refractivity contribution in [3.8, 4) is 11.1 Å². The van der Waals surface area contributed by atoms with Gasteiger partial charge < -0.3 is 14.6 Å². The van der Waals surface area contributed by atoms with Crippen LogP contribution in [0.4, 0.5) is 17.3 Å². The minimum absolute atomic E-state index is 0.667. The molecule has 3 nitrogen and oxygen atoms in total. The Hall–Kier alpha value is -4.76. The van der Waals surface area contributed by atoms with Crippen LogP contribution in [0.5, 0.6) is 0 Å². The molecule has 7 rings (SSSR count). The van der Waals surface area contributed by atoms with Crippen LogP contribution in [0.3, 0.4) is 0 Å². The van der Waals surface area contributed by atoms with Gasteiger partial charge in [-0.3, -0.25) is 0 Å². The molecule has 1 aliphatic rings. The van der Waals surface area contributed by atoms with Gasteiger partial charge >= 0.3 is 0 Å². The Labute approximate surface area is 209 Å². The van der Waals surface area contributed by atoms with E-state index in [1.807, 2.05) is 12.1 Å². The fraction of sp³-hybridized carbons (Fsp3) is 0.0303. The average molecular weight is 465 g/mol. The highest BCUT2D eigenvalue weighted by Gasteiger charge is 2.23. The molecule has 3 heteroatoms. The number of benzene rings is 5. The SMILES string of the molecule is C1=C(N(c2ccc(-c3ccccc3)cc2)c2ccc3ccccc3c2)CNc2oc3ccccc3c21. The fourth-order valence-electron chi connectivity index (χ4n) is 5.10. The average Bonchev–Trinajstić information content (AvgIpc) is 3.32. The van der Waals surface area contributed by atoms with Crippen LogP contribution >= 0.6 is 0 Å². The summed E-state index contributed by atoms with van der Waals surface area (Å²) in [6.07, 6.45) is 2.26. The molecule has 2 heterocycles. The molecule has 0 atom stereocenters. The maximum Gasteiger partial charge on any atom is 0.201 e. The topological polar surface area (TPSA) is 28.4 Å². The first kappa shape index (κ1) is 20.6. The number of para-hydroxylation sites is 1. The Morgan fingerprint density at radius 1 is 0.611 bits per heavy atom. The lowest BCUT2D eigenvalue weighted by molar-refractivity contribution is 0.626. The fourth-order valence-corrected chi connectivity index (χ4v) is 5.10. The zero-order valence-corrected chi connectivity index (χ0v) is 19.7. The zero-order chi connectivity index (χ0) is 23.9. The Bertz CT molecular complexity index is 1730. The monoisotopic (exact) mass is 464 g/mol. The minimum Gasteiger partial charge on any atom is -0.440 e. The maximum absolute atomic E-state index is 6.08. The molecule has 1 aliphatic heterocycles. The van der Waals surface area contributed by atoms with Gasteiger partial charge in [-0.25, -0.2) is 0 Å². The molecule has 0 aliphatic carbocycles. The number of rotatable bonds is 4. The molecule has 0 fully saturated rings. The number of hydrogen-bond donors (Lipinski definition) is 1. The molecule has 172 valence electrons.